The van der Waals surface area contributed by atoms with Crippen LogP contribution in [0.15, 0.2) is 6.33 Å². The summed E-state index contributed by atoms with van der Waals surface area (Å²) in [7, 11) is 0. The number of aromatic nitrogens is 2. The van der Waals surface area contributed by atoms with Crippen molar-refractivity contribution < 1.29 is 4.79 Å². The van der Waals surface area contributed by atoms with Crippen LogP contribution in [0.3, 0.4) is 0 Å². The molecule has 1 saturated heterocycles. The lowest BCUT2D eigenvalue weighted by Gasteiger charge is -2.20. The van der Waals surface area contributed by atoms with Crippen molar-refractivity contribution in [1.29, 1.82) is 0 Å². The van der Waals surface area contributed by atoms with Crippen LogP contribution in [0, 0.1) is 0 Å². The zero-order valence-electron chi connectivity index (χ0n) is 10.9. The molecule has 0 radical (unpaired) electrons. The van der Waals surface area contributed by atoms with Gasteiger partial charge in [-0.2, -0.15) is 0 Å². The van der Waals surface area contributed by atoms with Crippen LogP contribution >= 0.6 is 11.6 Å². The van der Waals surface area contributed by atoms with E-state index in [0.717, 1.165) is 26.2 Å². The summed E-state index contributed by atoms with van der Waals surface area (Å²) in [5.41, 5.74) is 0.333. The Morgan fingerprint density at radius 3 is 2.68 bits per heavy atom. The van der Waals surface area contributed by atoms with Gasteiger partial charge in [-0.1, -0.05) is 24.4 Å². The van der Waals surface area contributed by atoms with Crippen LogP contribution in [-0.4, -0.2) is 47.3 Å². The largest absolute Gasteiger partial charge is 0.368 e. The molecule has 0 bridgehead atoms. The van der Waals surface area contributed by atoms with Crippen molar-refractivity contribution in [1.82, 2.24) is 14.9 Å². The Morgan fingerprint density at radius 1 is 1.26 bits per heavy atom. The van der Waals surface area contributed by atoms with Crippen molar-refractivity contribution in [2.45, 2.75) is 25.7 Å². The van der Waals surface area contributed by atoms with Crippen molar-refractivity contribution in [3.8, 4) is 0 Å². The molecule has 0 aromatic carbocycles. The van der Waals surface area contributed by atoms with Crippen LogP contribution in [0.1, 0.15) is 36.0 Å². The maximum Gasteiger partial charge on any atom is 0.156 e. The predicted octanol–water partition coefficient (Wildman–Crippen LogP) is 2.23. The van der Waals surface area contributed by atoms with Gasteiger partial charge in [-0.15, -0.1) is 0 Å². The molecule has 0 spiro atoms. The van der Waals surface area contributed by atoms with E-state index in [1.165, 1.54) is 32.0 Å². The number of carbonyl (C=O) groups is 1. The van der Waals surface area contributed by atoms with Gasteiger partial charge in [0.15, 0.2) is 6.29 Å². The summed E-state index contributed by atoms with van der Waals surface area (Å²) in [6.45, 7) is 4.04. The molecule has 1 aromatic rings. The summed E-state index contributed by atoms with van der Waals surface area (Å²) in [6.07, 6.45) is 7.28. The molecule has 1 aromatic heterocycles. The highest BCUT2D eigenvalue weighted by atomic mass is 35.5. The maximum atomic E-state index is 10.9. The van der Waals surface area contributed by atoms with Crippen LogP contribution < -0.4 is 5.32 Å². The number of likely N-dealkylation sites (tertiary alicyclic amines) is 1. The molecule has 6 heteroatoms. The molecule has 19 heavy (non-hydrogen) atoms. The maximum absolute atomic E-state index is 10.9. The zero-order chi connectivity index (χ0) is 13.5. The molecule has 1 N–H and O–H groups in total. The summed E-state index contributed by atoms with van der Waals surface area (Å²) in [6, 6.07) is 0. The summed E-state index contributed by atoms with van der Waals surface area (Å²) in [4.78, 5) is 21.2. The number of nitrogens with zero attached hydrogens (tertiary/aromatic N) is 3. The fourth-order valence-electron chi connectivity index (χ4n) is 2.31. The summed E-state index contributed by atoms with van der Waals surface area (Å²) in [5.74, 6) is 0.518. The minimum absolute atomic E-state index is 0.197. The first-order valence-electron chi connectivity index (χ1n) is 6.73. The third-order valence-electron chi connectivity index (χ3n) is 3.37. The van der Waals surface area contributed by atoms with Crippen LogP contribution in [-0.2, 0) is 0 Å². The number of anilines is 1. The van der Waals surface area contributed by atoms with Gasteiger partial charge in [0.25, 0.3) is 0 Å². The van der Waals surface area contributed by atoms with E-state index >= 15 is 0 Å². The van der Waals surface area contributed by atoms with E-state index < -0.39 is 0 Å². The minimum atomic E-state index is 0.197. The van der Waals surface area contributed by atoms with E-state index in [0.29, 0.717) is 17.7 Å². The zero-order valence-corrected chi connectivity index (χ0v) is 11.7. The van der Waals surface area contributed by atoms with E-state index in [2.05, 4.69) is 20.2 Å². The molecular weight excluding hydrogens is 264 g/mol. The smallest absolute Gasteiger partial charge is 0.156 e. The second-order valence-electron chi connectivity index (χ2n) is 4.73. The molecule has 0 amide bonds. The Hall–Kier alpha value is -1.20. The van der Waals surface area contributed by atoms with E-state index in [9.17, 15) is 4.79 Å². The molecule has 2 rings (SSSR count). The number of hydrogen-bond acceptors (Lipinski definition) is 5. The monoisotopic (exact) mass is 282 g/mol. The van der Waals surface area contributed by atoms with E-state index in [4.69, 9.17) is 11.6 Å². The lowest BCUT2D eigenvalue weighted by Crippen LogP contribution is -2.30. The van der Waals surface area contributed by atoms with Crippen molar-refractivity contribution >= 4 is 23.7 Å². The number of rotatable bonds is 5. The molecule has 2 heterocycles. The predicted molar refractivity (Wildman–Crippen MR) is 75.8 cm³/mol. The molecule has 0 atom stereocenters. The van der Waals surface area contributed by atoms with Crippen LogP contribution in [0.4, 0.5) is 5.82 Å². The molecular formula is C13H19ClN4O. The van der Waals surface area contributed by atoms with Gasteiger partial charge in [-0.25, -0.2) is 9.97 Å². The van der Waals surface area contributed by atoms with Crippen molar-refractivity contribution in [3.05, 3.63) is 17.0 Å². The standard InChI is InChI=1S/C13H19ClN4O/c14-12-11(9-19)13(17-10-16-12)15-5-8-18-6-3-1-2-4-7-18/h9-10H,1-8H2,(H,15,16,17). The second-order valence-corrected chi connectivity index (χ2v) is 5.09. The van der Waals surface area contributed by atoms with E-state index in [1.807, 2.05) is 0 Å². The topological polar surface area (TPSA) is 58.1 Å². The van der Waals surface area contributed by atoms with Gasteiger partial charge in [0.1, 0.15) is 17.3 Å². The van der Waals surface area contributed by atoms with Crippen LogP contribution in [0.5, 0.6) is 0 Å². The summed E-state index contributed by atoms with van der Waals surface area (Å²) in [5, 5.41) is 3.36. The number of halogens is 1. The van der Waals surface area contributed by atoms with Crippen molar-refractivity contribution in [3.63, 3.8) is 0 Å². The lowest BCUT2D eigenvalue weighted by atomic mass is 10.2. The molecule has 1 aliphatic rings. The van der Waals surface area contributed by atoms with Gasteiger partial charge in [-0.05, 0) is 25.9 Å². The Bertz CT molecular complexity index is 419. The molecule has 1 aliphatic heterocycles. The van der Waals surface area contributed by atoms with Crippen molar-refractivity contribution in [2.75, 3.05) is 31.5 Å². The first kappa shape index (κ1) is 14.2. The van der Waals surface area contributed by atoms with Gasteiger partial charge >= 0.3 is 0 Å². The average Bonchev–Trinajstić information content (AvgIpc) is 2.68. The number of nitrogens with one attached hydrogen (secondary N) is 1. The van der Waals surface area contributed by atoms with E-state index in [1.54, 1.807) is 0 Å². The third-order valence-corrected chi connectivity index (χ3v) is 3.67. The van der Waals surface area contributed by atoms with Gasteiger partial charge in [-0.3, -0.25) is 4.79 Å². The SMILES string of the molecule is O=Cc1c(Cl)ncnc1NCCN1CCCCCC1. The lowest BCUT2D eigenvalue weighted by molar-refractivity contribution is 0.112. The van der Waals surface area contributed by atoms with E-state index in [-0.39, 0.29) is 5.15 Å². The Kier molecular flexibility index (Phi) is 5.54. The molecule has 104 valence electrons. The fraction of sp³-hybridized carbons (Fsp3) is 0.615. The van der Waals surface area contributed by atoms with Gasteiger partial charge < -0.3 is 10.2 Å². The highest BCUT2D eigenvalue weighted by molar-refractivity contribution is 6.32. The third kappa shape index (κ3) is 4.14. The summed E-state index contributed by atoms with van der Waals surface area (Å²) >= 11 is 5.85. The molecule has 5 nitrogen and oxygen atoms in total. The first-order valence-corrected chi connectivity index (χ1v) is 7.11. The summed E-state index contributed by atoms with van der Waals surface area (Å²) < 4.78 is 0. The molecule has 1 fully saturated rings. The Labute approximate surface area is 118 Å². The quantitative estimate of drug-likeness (QED) is 0.663. The highest BCUT2D eigenvalue weighted by Crippen LogP contribution is 2.17. The molecule has 0 aliphatic carbocycles. The number of hydrogen-bond donors (Lipinski definition) is 1. The minimum Gasteiger partial charge on any atom is -0.368 e. The van der Waals surface area contributed by atoms with Gasteiger partial charge in [0.2, 0.25) is 0 Å². The Balaban J connectivity index is 1.85. The average molecular weight is 283 g/mol. The molecule has 0 unspecified atom stereocenters. The first-order chi connectivity index (χ1) is 9.31. The van der Waals surface area contributed by atoms with Crippen LogP contribution in [0.25, 0.3) is 0 Å². The Morgan fingerprint density at radius 2 is 2.00 bits per heavy atom. The second kappa shape index (κ2) is 7.40. The normalized spacial score (nSPS) is 16.9. The number of carbonyl (C=O) groups excluding carboxylic acids is 1. The van der Waals surface area contributed by atoms with Crippen LogP contribution in [0.2, 0.25) is 5.15 Å². The molecule has 0 saturated carbocycles. The number of aldehydes is 1. The fourth-order valence-corrected chi connectivity index (χ4v) is 2.49. The highest BCUT2D eigenvalue weighted by Gasteiger charge is 2.10. The van der Waals surface area contributed by atoms with Gasteiger partial charge in [0, 0.05) is 13.1 Å². The van der Waals surface area contributed by atoms with Crippen molar-refractivity contribution in [2.24, 2.45) is 0 Å². The van der Waals surface area contributed by atoms with Gasteiger partial charge in [0.05, 0.1) is 5.56 Å².